The Morgan fingerprint density at radius 1 is 1.39 bits per heavy atom. The Hall–Kier alpha value is -2.94. The van der Waals surface area contributed by atoms with Crippen LogP contribution in [0.2, 0.25) is 0 Å². The van der Waals surface area contributed by atoms with Crippen molar-refractivity contribution in [2.24, 2.45) is 5.92 Å². The van der Waals surface area contributed by atoms with Crippen LogP contribution in [0.15, 0.2) is 30.9 Å². The highest BCUT2D eigenvalue weighted by Crippen LogP contribution is 2.45. The molecular weight excluding hydrogens is 405 g/mol. The van der Waals surface area contributed by atoms with E-state index in [0.717, 1.165) is 5.56 Å². The van der Waals surface area contributed by atoms with Crippen LogP contribution in [0.25, 0.3) is 0 Å². The molecule has 31 heavy (non-hydrogen) atoms. The molecule has 2 N–H and O–H groups in total. The minimum Gasteiger partial charge on any atom is -0.464 e. The molecule has 1 aromatic carbocycles. The van der Waals surface area contributed by atoms with Crippen molar-refractivity contribution < 1.29 is 28.2 Å². The van der Waals surface area contributed by atoms with E-state index < -0.39 is 29.7 Å². The number of nitrogens with zero attached hydrogens (tertiary/aromatic N) is 1. The second kappa shape index (κ2) is 8.30. The number of ether oxygens (including phenoxy) is 2. The molecule has 1 aliphatic carbocycles. The van der Waals surface area contributed by atoms with Crippen LogP contribution >= 0.6 is 0 Å². The summed E-state index contributed by atoms with van der Waals surface area (Å²) in [5.41, 5.74) is 0.215. The topological polar surface area (TPSA) is 97.0 Å². The van der Waals surface area contributed by atoms with Gasteiger partial charge in [0, 0.05) is 31.0 Å². The number of esters is 1. The average molecular weight is 431 g/mol. The van der Waals surface area contributed by atoms with Crippen LogP contribution in [-0.2, 0) is 32.2 Å². The average Bonchev–Trinajstić information content (AvgIpc) is 3.06. The summed E-state index contributed by atoms with van der Waals surface area (Å²) < 4.78 is 24.5. The second-order valence-corrected chi connectivity index (χ2v) is 8.16. The summed E-state index contributed by atoms with van der Waals surface area (Å²) in [5, 5.41) is 5.84. The summed E-state index contributed by atoms with van der Waals surface area (Å²) in [5.74, 6) is -1.30. The third-order valence-corrected chi connectivity index (χ3v) is 6.14. The van der Waals surface area contributed by atoms with Gasteiger partial charge in [0.2, 0.25) is 5.91 Å². The Kier molecular flexibility index (Phi) is 5.70. The van der Waals surface area contributed by atoms with Crippen molar-refractivity contribution >= 4 is 18.0 Å². The zero-order valence-corrected chi connectivity index (χ0v) is 17.4. The number of halogens is 1. The minimum atomic E-state index is -1.06. The zero-order valence-electron chi connectivity index (χ0n) is 17.4. The van der Waals surface area contributed by atoms with Crippen LogP contribution in [0.3, 0.4) is 0 Å². The highest BCUT2D eigenvalue weighted by molar-refractivity contribution is 5.93. The second-order valence-electron chi connectivity index (χ2n) is 8.16. The third kappa shape index (κ3) is 4.01. The smallest absolute Gasteiger partial charge is 0.410 e. The lowest BCUT2D eigenvalue weighted by Crippen LogP contribution is -2.51. The fraction of sp³-hybridized carbons (Fsp3) is 0.500. The third-order valence-electron chi connectivity index (χ3n) is 6.14. The van der Waals surface area contributed by atoms with E-state index in [1.54, 1.807) is 25.1 Å². The number of hydrogen-bond donors (Lipinski definition) is 2. The summed E-state index contributed by atoms with van der Waals surface area (Å²) in [7, 11) is 0. The molecule has 2 amide bonds. The molecule has 4 atom stereocenters. The number of benzene rings is 1. The number of nitrogens with one attached hydrogen (secondary N) is 2. The predicted molar refractivity (Wildman–Crippen MR) is 108 cm³/mol. The molecule has 0 bridgehead atoms. The monoisotopic (exact) mass is 431 g/mol. The van der Waals surface area contributed by atoms with Gasteiger partial charge in [-0.15, -0.1) is 6.58 Å². The first-order valence-electron chi connectivity index (χ1n) is 10.4. The van der Waals surface area contributed by atoms with Crippen molar-refractivity contribution in [3.05, 3.63) is 47.8 Å². The summed E-state index contributed by atoms with van der Waals surface area (Å²) in [6.07, 6.45) is 1.34. The molecule has 2 unspecified atom stereocenters. The zero-order chi connectivity index (χ0) is 22.2. The van der Waals surface area contributed by atoms with Crippen LogP contribution in [0.1, 0.15) is 30.9 Å². The van der Waals surface area contributed by atoms with Gasteiger partial charge in [0.15, 0.2) is 0 Å². The molecule has 1 saturated heterocycles. The number of hydrogen-bond acceptors (Lipinski definition) is 6. The molecule has 8 nitrogen and oxygen atoms in total. The maximum atomic E-state index is 13.9. The Bertz CT molecular complexity index is 922. The Labute approximate surface area is 179 Å². The molecule has 9 heteroatoms. The van der Waals surface area contributed by atoms with Crippen LogP contribution in [0.4, 0.5) is 9.18 Å². The quantitative estimate of drug-likeness (QED) is 0.525. The van der Waals surface area contributed by atoms with Gasteiger partial charge < -0.3 is 20.1 Å². The van der Waals surface area contributed by atoms with E-state index >= 15 is 0 Å². The Morgan fingerprint density at radius 3 is 2.87 bits per heavy atom. The normalized spacial score (nSPS) is 28.6. The van der Waals surface area contributed by atoms with E-state index in [9.17, 15) is 18.8 Å². The van der Waals surface area contributed by atoms with Crippen molar-refractivity contribution in [3.8, 4) is 0 Å². The number of carbonyl (C=O) groups is 3. The van der Waals surface area contributed by atoms with E-state index in [-0.39, 0.29) is 37.2 Å². The lowest BCUT2D eigenvalue weighted by molar-refractivity contribution is -0.149. The molecule has 166 valence electrons. The fourth-order valence-electron chi connectivity index (χ4n) is 4.29. The Balaban J connectivity index is 1.30. The molecule has 2 fully saturated rings. The number of carbonyl (C=O) groups excluding carboxylic acids is 3. The molecule has 0 spiro atoms. The largest absolute Gasteiger partial charge is 0.464 e. The molecule has 4 rings (SSSR count). The maximum Gasteiger partial charge on any atom is 0.410 e. The molecular formula is C22H26FN3O5. The highest BCUT2D eigenvalue weighted by atomic mass is 19.1. The molecule has 2 heterocycles. The van der Waals surface area contributed by atoms with Gasteiger partial charge in [-0.05, 0) is 25.0 Å². The SMILES string of the molecule is C=CC1C[C@]1(NC(=O)C1C[C@@H](OC(=O)N2Cc3cccc(F)c3C2)CN1)C(=O)OCC. The molecule has 0 aromatic heterocycles. The molecule has 2 aliphatic heterocycles. The van der Waals surface area contributed by atoms with Gasteiger partial charge in [0.1, 0.15) is 17.5 Å². The number of fused-ring (bicyclic) bond motifs is 1. The van der Waals surface area contributed by atoms with Gasteiger partial charge in [-0.25, -0.2) is 14.0 Å². The summed E-state index contributed by atoms with van der Waals surface area (Å²) >= 11 is 0. The van der Waals surface area contributed by atoms with Crippen LogP contribution < -0.4 is 10.6 Å². The van der Waals surface area contributed by atoms with E-state index in [4.69, 9.17) is 9.47 Å². The summed E-state index contributed by atoms with van der Waals surface area (Å²) in [6.45, 7) is 6.42. The highest BCUT2D eigenvalue weighted by Gasteiger charge is 2.61. The van der Waals surface area contributed by atoms with Gasteiger partial charge in [0.05, 0.1) is 19.2 Å². The Morgan fingerprint density at radius 2 is 2.19 bits per heavy atom. The van der Waals surface area contributed by atoms with Crippen molar-refractivity contribution in [1.82, 2.24) is 15.5 Å². The van der Waals surface area contributed by atoms with Gasteiger partial charge in [0.25, 0.3) is 0 Å². The maximum absolute atomic E-state index is 13.9. The van der Waals surface area contributed by atoms with Crippen LogP contribution in [0, 0.1) is 11.7 Å². The van der Waals surface area contributed by atoms with Crippen molar-refractivity contribution in [2.75, 3.05) is 13.2 Å². The van der Waals surface area contributed by atoms with Gasteiger partial charge in [-0.3, -0.25) is 9.69 Å². The molecule has 3 aliphatic rings. The molecule has 1 aromatic rings. The first kappa shape index (κ1) is 21.3. The fourth-order valence-corrected chi connectivity index (χ4v) is 4.29. The van der Waals surface area contributed by atoms with E-state index in [0.29, 0.717) is 25.1 Å². The number of rotatable bonds is 6. The van der Waals surface area contributed by atoms with Crippen molar-refractivity contribution in [1.29, 1.82) is 0 Å². The predicted octanol–water partition coefficient (Wildman–Crippen LogP) is 1.63. The van der Waals surface area contributed by atoms with Crippen LogP contribution in [-0.4, -0.2) is 53.7 Å². The molecule has 0 radical (unpaired) electrons. The van der Waals surface area contributed by atoms with Gasteiger partial charge in [-0.1, -0.05) is 18.2 Å². The minimum absolute atomic E-state index is 0.163. The van der Waals surface area contributed by atoms with E-state index in [1.807, 2.05) is 0 Å². The van der Waals surface area contributed by atoms with Gasteiger partial charge in [-0.2, -0.15) is 0 Å². The standard InChI is InChI=1S/C22H26FN3O5/c1-3-14-9-22(14,20(28)30-4-2)25-19(27)18-8-15(10-24-18)31-21(29)26-11-13-6-5-7-17(23)16(13)12-26/h3,5-7,14-15,18,24H,1,4,8-12H2,2H3,(H,25,27)/t14?,15-,18?,22-/m1/s1. The lowest BCUT2D eigenvalue weighted by atomic mass is 10.1. The first-order valence-corrected chi connectivity index (χ1v) is 10.4. The van der Waals surface area contributed by atoms with Crippen LogP contribution in [0.5, 0.6) is 0 Å². The summed E-state index contributed by atoms with van der Waals surface area (Å²) in [6, 6.07) is 4.19. The van der Waals surface area contributed by atoms with Gasteiger partial charge >= 0.3 is 12.1 Å². The summed E-state index contributed by atoms with van der Waals surface area (Å²) in [4.78, 5) is 39.0. The lowest BCUT2D eigenvalue weighted by Gasteiger charge is -2.20. The van der Waals surface area contributed by atoms with Crippen molar-refractivity contribution in [3.63, 3.8) is 0 Å². The first-order chi connectivity index (χ1) is 14.9. The number of amides is 2. The van der Waals surface area contributed by atoms with E-state index in [2.05, 4.69) is 17.2 Å². The molecule has 1 saturated carbocycles. The van der Waals surface area contributed by atoms with Crippen molar-refractivity contribution in [2.45, 2.75) is 50.5 Å². The van der Waals surface area contributed by atoms with E-state index in [1.165, 1.54) is 11.0 Å².